The summed E-state index contributed by atoms with van der Waals surface area (Å²) < 4.78 is 11.9. The van der Waals surface area contributed by atoms with Crippen molar-refractivity contribution in [2.75, 3.05) is 7.11 Å². The largest absolute Gasteiger partial charge is 0.497 e. The van der Waals surface area contributed by atoms with Crippen LogP contribution >= 0.6 is 11.3 Å². The van der Waals surface area contributed by atoms with Crippen LogP contribution in [0.2, 0.25) is 0 Å². The summed E-state index contributed by atoms with van der Waals surface area (Å²) in [4.78, 5) is 44.7. The SMILES string of the molecule is COc1cccc(CC(=O)C2C3C=CC4(O3)C2C(=O)N(Cc2cccs2)C4C(=O)CC2CCCCC2C)c1. The molecule has 4 aliphatic rings. The Hall–Kier alpha value is -2.77. The zero-order valence-corrected chi connectivity index (χ0v) is 22.8. The van der Waals surface area contributed by atoms with E-state index >= 15 is 0 Å². The van der Waals surface area contributed by atoms with Crippen LogP contribution in [-0.4, -0.2) is 47.2 Å². The Morgan fingerprint density at radius 3 is 2.76 bits per heavy atom. The summed E-state index contributed by atoms with van der Waals surface area (Å²) in [6.45, 7) is 2.61. The minimum atomic E-state index is -1.07. The molecule has 1 amide bonds. The first kappa shape index (κ1) is 25.5. The van der Waals surface area contributed by atoms with Crippen molar-refractivity contribution in [3.63, 3.8) is 0 Å². The first-order valence-electron chi connectivity index (χ1n) is 13.8. The van der Waals surface area contributed by atoms with Gasteiger partial charge in [-0.3, -0.25) is 14.4 Å². The maximum Gasteiger partial charge on any atom is 0.230 e. The molecule has 2 saturated heterocycles. The van der Waals surface area contributed by atoms with Crippen molar-refractivity contribution in [2.45, 2.75) is 69.7 Å². The van der Waals surface area contributed by atoms with Crippen molar-refractivity contribution < 1.29 is 23.9 Å². The number of fused-ring (bicyclic) bond motifs is 1. The van der Waals surface area contributed by atoms with Gasteiger partial charge in [0, 0.05) is 17.7 Å². The molecule has 1 aliphatic carbocycles. The lowest BCUT2D eigenvalue weighted by Gasteiger charge is -2.35. The molecule has 1 aromatic carbocycles. The Morgan fingerprint density at radius 2 is 2.00 bits per heavy atom. The highest BCUT2D eigenvalue weighted by molar-refractivity contribution is 7.09. The van der Waals surface area contributed by atoms with Crippen LogP contribution in [0.25, 0.3) is 0 Å². The van der Waals surface area contributed by atoms with Crippen molar-refractivity contribution in [2.24, 2.45) is 23.7 Å². The highest BCUT2D eigenvalue weighted by atomic mass is 32.1. The standard InChI is InChI=1S/C31H35NO5S/c1-19-7-3-4-9-21(19)17-25(34)29-31-13-12-26(37-31)27(24(33)16-20-8-5-10-22(15-20)36-2)28(31)30(35)32(29)18-23-11-6-14-38-23/h5-6,8,10-15,19,21,26-29H,3-4,7,9,16-18H2,1-2H3. The van der Waals surface area contributed by atoms with Crippen LogP contribution in [0.1, 0.15) is 49.5 Å². The quantitative estimate of drug-likeness (QED) is 0.424. The van der Waals surface area contributed by atoms with E-state index in [0.717, 1.165) is 29.7 Å². The van der Waals surface area contributed by atoms with Gasteiger partial charge < -0.3 is 14.4 Å². The van der Waals surface area contributed by atoms with Gasteiger partial charge in [-0.05, 0) is 47.4 Å². The lowest BCUT2D eigenvalue weighted by molar-refractivity contribution is -0.141. The fourth-order valence-corrected chi connectivity index (χ4v) is 8.03. The van der Waals surface area contributed by atoms with E-state index in [1.54, 1.807) is 23.3 Å². The Morgan fingerprint density at radius 1 is 1.16 bits per heavy atom. The van der Waals surface area contributed by atoms with Gasteiger partial charge in [0.25, 0.3) is 0 Å². The van der Waals surface area contributed by atoms with E-state index in [1.165, 1.54) is 6.42 Å². The number of nitrogens with zero attached hydrogens (tertiary/aromatic N) is 1. The summed E-state index contributed by atoms with van der Waals surface area (Å²) in [6.07, 6.45) is 8.58. The number of thiophene rings is 1. The molecule has 1 saturated carbocycles. The van der Waals surface area contributed by atoms with E-state index < -0.39 is 29.6 Å². The number of Topliss-reactive ketones (excluding diaryl/α,β-unsaturated/α-hetero) is 2. The van der Waals surface area contributed by atoms with E-state index in [0.29, 0.717) is 30.6 Å². The molecule has 2 aromatic rings. The van der Waals surface area contributed by atoms with Crippen molar-refractivity contribution in [3.05, 3.63) is 64.4 Å². The number of methoxy groups -OCH3 is 1. The van der Waals surface area contributed by atoms with Gasteiger partial charge >= 0.3 is 0 Å². The third-order valence-electron chi connectivity index (χ3n) is 9.22. The molecule has 4 heterocycles. The van der Waals surface area contributed by atoms with Gasteiger partial charge in [-0.25, -0.2) is 0 Å². The van der Waals surface area contributed by atoms with Gasteiger partial charge in [-0.2, -0.15) is 0 Å². The topological polar surface area (TPSA) is 72.9 Å². The smallest absolute Gasteiger partial charge is 0.230 e. The van der Waals surface area contributed by atoms with E-state index in [9.17, 15) is 14.4 Å². The molecule has 200 valence electrons. The van der Waals surface area contributed by atoms with Crippen molar-refractivity contribution in [1.82, 2.24) is 4.90 Å². The van der Waals surface area contributed by atoms with Crippen LogP contribution in [0.15, 0.2) is 53.9 Å². The Kier molecular flexibility index (Phi) is 6.77. The average molecular weight is 534 g/mol. The van der Waals surface area contributed by atoms with Gasteiger partial charge in [0.15, 0.2) is 5.78 Å². The lowest BCUT2D eigenvalue weighted by Crippen LogP contribution is -2.50. The molecule has 7 unspecified atom stereocenters. The third-order valence-corrected chi connectivity index (χ3v) is 10.1. The van der Waals surface area contributed by atoms with E-state index in [4.69, 9.17) is 9.47 Å². The van der Waals surface area contributed by atoms with Gasteiger partial charge in [0.05, 0.1) is 31.6 Å². The predicted octanol–water partition coefficient (Wildman–Crippen LogP) is 5.00. The second-order valence-corrected chi connectivity index (χ2v) is 12.5. The van der Waals surface area contributed by atoms with Crippen LogP contribution < -0.4 is 4.74 Å². The third kappa shape index (κ3) is 4.24. The molecular weight excluding hydrogens is 498 g/mol. The summed E-state index contributed by atoms with van der Waals surface area (Å²) in [6, 6.07) is 10.7. The fraction of sp³-hybridized carbons (Fsp3) is 0.516. The number of carbonyl (C=O) groups excluding carboxylic acids is 3. The fourth-order valence-electron chi connectivity index (χ4n) is 7.32. The zero-order valence-electron chi connectivity index (χ0n) is 22.0. The molecule has 1 spiro atoms. The number of hydrogen-bond acceptors (Lipinski definition) is 6. The highest BCUT2D eigenvalue weighted by Gasteiger charge is 2.72. The number of carbonyl (C=O) groups is 3. The molecule has 6 nitrogen and oxygen atoms in total. The van der Waals surface area contributed by atoms with E-state index in [2.05, 4.69) is 6.92 Å². The summed E-state index contributed by atoms with van der Waals surface area (Å²) in [5.41, 5.74) is -0.224. The first-order valence-corrected chi connectivity index (χ1v) is 14.7. The van der Waals surface area contributed by atoms with Gasteiger partial charge in [-0.1, -0.05) is 56.5 Å². The molecule has 2 bridgehead atoms. The molecule has 1 aromatic heterocycles. The van der Waals surface area contributed by atoms with Crippen molar-refractivity contribution in [1.29, 1.82) is 0 Å². The highest BCUT2D eigenvalue weighted by Crippen LogP contribution is 2.56. The number of ether oxygens (including phenoxy) is 2. The Labute approximate surface area is 228 Å². The normalized spacial score (nSPS) is 33.5. The summed E-state index contributed by atoms with van der Waals surface area (Å²) in [5, 5.41) is 1.98. The van der Waals surface area contributed by atoms with Crippen LogP contribution in [0, 0.1) is 23.7 Å². The maximum absolute atomic E-state index is 14.1. The van der Waals surface area contributed by atoms with Crippen LogP contribution in [0.4, 0.5) is 0 Å². The first-order chi connectivity index (χ1) is 18.4. The minimum Gasteiger partial charge on any atom is -0.497 e. The van der Waals surface area contributed by atoms with Crippen LogP contribution in [0.3, 0.4) is 0 Å². The van der Waals surface area contributed by atoms with Gasteiger partial charge in [0.2, 0.25) is 5.91 Å². The molecule has 0 radical (unpaired) electrons. The second kappa shape index (κ2) is 10.1. The number of hydrogen-bond donors (Lipinski definition) is 0. The van der Waals surface area contributed by atoms with Gasteiger partial charge in [0.1, 0.15) is 23.2 Å². The number of rotatable bonds is 9. The number of benzene rings is 1. The molecule has 6 rings (SSSR count). The molecule has 3 aliphatic heterocycles. The summed E-state index contributed by atoms with van der Waals surface area (Å²) in [7, 11) is 1.60. The second-order valence-electron chi connectivity index (χ2n) is 11.4. The predicted molar refractivity (Wildman–Crippen MR) is 145 cm³/mol. The summed E-state index contributed by atoms with van der Waals surface area (Å²) in [5.74, 6) is 0.155. The van der Waals surface area contributed by atoms with Crippen molar-refractivity contribution in [3.8, 4) is 5.75 Å². The molecular formula is C31H35NO5S. The number of amides is 1. The molecule has 0 N–H and O–H groups in total. The zero-order chi connectivity index (χ0) is 26.4. The van der Waals surface area contributed by atoms with E-state index in [-0.39, 0.29) is 23.9 Å². The van der Waals surface area contributed by atoms with E-state index in [1.807, 2.05) is 53.9 Å². The van der Waals surface area contributed by atoms with Crippen LogP contribution in [0.5, 0.6) is 5.75 Å². The number of likely N-dealkylation sites (tertiary alicyclic amines) is 1. The van der Waals surface area contributed by atoms with Gasteiger partial charge in [-0.15, -0.1) is 11.3 Å². The molecule has 38 heavy (non-hydrogen) atoms. The minimum absolute atomic E-state index is 0.0297. The van der Waals surface area contributed by atoms with Crippen molar-refractivity contribution >= 4 is 28.8 Å². The average Bonchev–Trinajstić information content (AvgIpc) is 3.69. The summed E-state index contributed by atoms with van der Waals surface area (Å²) >= 11 is 1.58. The lowest BCUT2D eigenvalue weighted by atomic mass is 9.70. The monoisotopic (exact) mass is 533 g/mol. The Balaban J connectivity index is 1.31. The maximum atomic E-state index is 14.1. The molecule has 3 fully saturated rings. The van der Waals surface area contributed by atoms with Crippen LogP contribution in [-0.2, 0) is 32.1 Å². The number of ketones is 2. The molecule has 7 heteroatoms. The molecule has 7 atom stereocenters. The Bertz CT molecular complexity index is 1250.